The van der Waals surface area contributed by atoms with Crippen LogP contribution in [0.1, 0.15) is 0 Å². The lowest BCUT2D eigenvalue weighted by molar-refractivity contribution is 1.61. The van der Waals surface area contributed by atoms with Crippen molar-refractivity contribution < 1.29 is 0 Å². The molecule has 0 unspecified atom stereocenters. The fourth-order valence-electron chi connectivity index (χ4n) is 2.07. The standard InChI is InChI=1S/C16H10Br2/c17-15-3-1-2-12(9-15)13-5-4-11-6-7-16(18)10-14(11)8-13/h1-10H. The zero-order chi connectivity index (χ0) is 12.5. The van der Waals surface area contributed by atoms with Crippen molar-refractivity contribution in [3.63, 3.8) is 0 Å². The topological polar surface area (TPSA) is 0 Å². The van der Waals surface area contributed by atoms with Crippen molar-refractivity contribution in [3.05, 3.63) is 69.6 Å². The van der Waals surface area contributed by atoms with Gasteiger partial charge in [-0.25, -0.2) is 0 Å². The van der Waals surface area contributed by atoms with E-state index in [0.29, 0.717) is 0 Å². The molecule has 0 fully saturated rings. The van der Waals surface area contributed by atoms with Gasteiger partial charge in [-0.3, -0.25) is 0 Å². The summed E-state index contributed by atoms with van der Waals surface area (Å²) >= 11 is 7.03. The van der Waals surface area contributed by atoms with Gasteiger partial charge in [0, 0.05) is 8.95 Å². The van der Waals surface area contributed by atoms with Crippen LogP contribution in [0.2, 0.25) is 0 Å². The highest BCUT2D eigenvalue weighted by Crippen LogP contribution is 2.28. The van der Waals surface area contributed by atoms with E-state index in [2.05, 4.69) is 86.5 Å². The maximum Gasteiger partial charge on any atom is 0.0181 e. The Morgan fingerprint density at radius 2 is 1.28 bits per heavy atom. The molecule has 18 heavy (non-hydrogen) atoms. The Kier molecular flexibility index (Phi) is 3.23. The number of benzene rings is 3. The van der Waals surface area contributed by atoms with Gasteiger partial charge in [-0.05, 0) is 52.2 Å². The van der Waals surface area contributed by atoms with Crippen LogP contribution >= 0.6 is 31.9 Å². The molecule has 0 amide bonds. The average molecular weight is 362 g/mol. The summed E-state index contributed by atoms with van der Waals surface area (Å²) in [4.78, 5) is 0. The first kappa shape index (κ1) is 11.9. The minimum absolute atomic E-state index is 1.11. The first-order valence-corrected chi connectivity index (χ1v) is 7.26. The summed E-state index contributed by atoms with van der Waals surface area (Å²) in [6.07, 6.45) is 0. The van der Waals surface area contributed by atoms with Crippen LogP contribution in [0.15, 0.2) is 69.6 Å². The van der Waals surface area contributed by atoms with Crippen LogP contribution in [-0.2, 0) is 0 Å². The van der Waals surface area contributed by atoms with Crippen LogP contribution < -0.4 is 0 Å². The molecule has 0 heterocycles. The van der Waals surface area contributed by atoms with E-state index in [4.69, 9.17) is 0 Å². The minimum Gasteiger partial charge on any atom is -0.0605 e. The van der Waals surface area contributed by atoms with E-state index in [1.807, 2.05) is 6.07 Å². The second-order valence-corrected chi connectivity index (χ2v) is 6.05. The molecule has 0 spiro atoms. The van der Waals surface area contributed by atoms with Crippen molar-refractivity contribution in [2.45, 2.75) is 0 Å². The Balaban J connectivity index is 2.18. The van der Waals surface area contributed by atoms with Crippen molar-refractivity contribution in [1.82, 2.24) is 0 Å². The number of hydrogen-bond donors (Lipinski definition) is 0. The zero-order valence-corrected chi connectivity index (χ0v) is 12.7. The molecule has 0 aromatic heterocycles. The fourth-order valence-corrected chi connectivity index (χ4v) is 2.84. The van der Waals surface area contributed by atoms with Crippen LogP contribution in [0.3, 0.4) is 0 Å². The fraction of sp³-hybridized carbons (Fsp3) is 0. The number of fused-ring (bicyclic) bond motifs is 1. The monoisotopic (exact) mass is 360 g/mol. The van der Waals surface area contributed by atoms with Gasteiger partial charge in [-0.1, -0.05) is 62.2 Å². The Morgan fingerprint density at radius 1 is 0.556 bits per heavy atom. The summed E-state index contributed by atoms with van der Waals surface area (Å²) in [6.45, 7) is 0. The summed E-state index contributed by atoms with van der Waals surface area (Å²) in [7, 11) is 0. The first-order chi connectivity index (χ1) is 8.72. The molecule has 0 nitrogen and oxygen atoms in total. The summed E-state index contributed by atoms with van der Waals surface area (Å²) < 4.78 is 2.22. The Hall–Kier alpha value is -1.12. The molecule has 0 aliphatic carbocycles. The Labute approximate surface area is 123 Å². The number of halogens is 2. The largest absolute Gasteiger partial charge is 0.0605 e. The van der Waals surface area contributed by atoms with Crippen LogP contribution in [-0.4, -0.2) is 0 Å². The zero-order valence-electron chi connectivity index (χ0n) is 9.53. The van der Waals surface area contributed by atoms with Gasteiger partial charge in [-0.2, -0.15) is 0 Å². The molecule has 2 heteroatoms. The van der Waals surface area contributed by atoms with Crippen molar-refractivity contribution in [1.29, 1.82) is 0 Å². The van der Waals surface area contributed by atoms with Gasteiger partial charge in [0.05, 0.1) is 0 Å². The van der Waals surface area contributed by atoms with E-state index >= 15 is 0 Å². The van der Waals surface area contributed by atoms with Gasteiger partial charge in [0.25, 0.3) is 0 Å². The summed E-state index contributed by atoms with van der Waals surface area (Å²) in [5.41, 5.74) is 2.47. The van der Waals surface area contributed by atoms with Crippen molar-refractivity contribution in [2.75, 3.05) is 0 Å². The molecule has 0 atom stereocenters. The number of rotatable bonds is 1. The molecular weight excluding hydrogens is 352 g/mol. The van der Waals surface area contributed by atoms with E-state index in [0.717, 1.165) is 8.95 Å². The Morgan fingerprint density at radius 3 is 2.11 bits per heavy atom. The lowest BCUT2D eigenvalue weighted by Gasteiger charge is -2.05. The predicted octanol–water partition coefficient (Wildman–Crippen LogP) is 6.03. The summed E-state index contributed by atoms with van der Waals surface area (Å²) in [5, 5.41) is 2.51. The highest BCUT2D eigenvalue weighted by Gasteiger charge is 2.01. The van der Waals surface area contributed by atoms with Gasteiger partial charge >= 0.3 is 0 Å². The van der Waals surface area contributed by atoms with Crippen LogP contribution in [0.5, 0.6) is 0 Å². The van der Waals surface area contributed by atoms with E-state index in [-0.39, 0.29) is 0 Å². The molecule has 3 aromatic rings. The van der Waals surface area contributed by atoms with Crippen LogP contribution in [0.4, 0.5) is 0 Å². The second kappa shape index (κ2) is 4.87. The first-order valence-electron chi connectivity index (χ1n) is 5.68. The molecule has 0 saturated heterocycles. The molecule has 0 bridgehead atoms. The number of hydrogen-bond acceptors (Lipinski definition) is 0. The van der Waals surface area contributed by atoms with E-state index in [9.17, 15) is 0 Å². The highest BCUT2D eigenvalue weighted by atomic mass is 79.9. The van der Waals surface area contributed by atoms with E-state index in [1.54, 1.807) is 0 Å². The van der Waals surface area contributed by atoms with E-state index < -0.39 is 0 Å². The molecule has 0 aliphatic rings. The van der Waals surface area contributed by atoms with Gasteiger partial charge in [0.1, 0.15) is 0 Å². The third kappa shape index (κ3) is 2.36. The lowest BCUT2D eigenvalue weighted by Crippen LogP contribution is -1.79. The molecule has 3 aromatic carbocycles. The molecule has 0 aliphatic heterocycles. The van der Waals surface area contributed by atoms with Crippen molar-refractivity contribution >= 4 is 42.6 Å². The minimum atomic E-state index is 1.11. The quantitative estimate of drug-likeness (QED) is 0.496. The van der Waals surface area contributed by atoms with Gasteiger partial charge < -0.3 is 0 Å². The van der Waals surface area contributed by atoms with Crippen LogP contribution in [0, 0.1) is 0 Å². The third-order valence-electron chi connectivity index (χ3n) is 2.96. The highest BCUT2D eigenvalue weighted by molar-refractivity contribution is 9.10. The maximum atomic E-state index is 3.52. The average Bonchev–Trinajstić information content (AvgIpc) is 2.38. The SMILES string of the molecule is Brc1cccc(-c2ccc3ccc(Br)cc3c2)c1. The summed E-state index contributed by atoms with van der Waals surface area (Å²) in [6, 6.07) is 21.3. The van der Waals surface area contributed by atoms with Crippen molar-refractivity contribution in [3.8, 4) is 11.1 Å². The van der Waals surface area contributed by atoms with Gasteiger partial charge in [-0.15, -0.1) is 0 Å². The smallest absolute Gasteiger partial charge is 0.0181 e. The Bertz CT molecular complexity index is 717. The molecule has 0 N–H and O–H groups in total. The molecule has 3 rings (SSSR count). The van der Waals surface area contributed by atoms with E-state index in [1.165, 1.54) is 21.9 Å². The summed E-state index contributed by atoms with van der Waals surface area (Å²) in [5.74, 6) is 0. The predicted molar refractivity (Wildman–Crippen MR) is 84.8 cm³/mol. The molecule has 0 saturated carbocycles. The third-order valence-corrected chi connectivity index (χ3v) is 3.95. The van der Waals surface area contributed by atoms with Gasteiger partial charge in [0.15, 0.2) is 0 Å². The maximum absolute atomic E-state index is 3.52. The second-order valence-electron chi connectivity index (χ2n) is 4.22. The molecule has 0 radical (unpaired) electrons. The van der Waals surface area contributed by atoms with Gasteiger partial charge in [0.2, 0.25) is 0 Å². The molecular formula is C16H10Br2. The van der Waals surface area contributed by atoms with Crippen LogP contribution in [0.25, 0.3) is 21.9 Å². The molecule has 88 valence electrons. The normalized spacial score (nSPS) is 10.8. The lowest BCUT2D eigenvalue weighted by atomic mass is 10.0. The van der Waals surface area contributed by atoms with Crippen molar-refractivity contribution in [2.24, 2.45) is 0 Å².